The summed E-state index contributed by atoms with van der Waals surface area (Å²) < 4.78 is 0. The van der Waals surface area contributed by atoms with Crippen LogP contribution in [0.1, 0.15) is 5.56 Å². The summed E-state index contributed by atoms with van der Waals surface area (Å²) >= 11 is 7.26. The number of hydrogen-bond donors (Lipinski definition) is 1. The van der Waals surface area contributed by atoms with Gasteiger partial charge in [0.1, 0.15) is 0 Å². The highest BCUT2D eigenvalue weighted by atomic mass is 35.5. The number of hydrogen-bond acceptors (Lipinski definition) is 6. The van der Waals surface area contributed by atoms with E-state index in [1.54, 1.807) is 43.3 Å². The number of imide groups is 1. The van der Waals surface area contributed by atoms with Crippen LogP contribution in [0, 0.1) is 0 Å². The molecule has 1 aromatic carbocycles. The van der Waals surface area contributed by atoms with Crippen molar-refractivity contribution in [1.29, 1.82) is 0 Å². The van der Waals surface area contributed by atoms with E-state index in [1.807, 2.05) is 0 Å². The maximum atomic E-state index is 12.9. The van der Waals surface area contributed by atoms with Crippen LogP contribution in [-0.2, 0) is 11.3 Å². The van der Waals surface area contributed by atoms with Crippen molar-refractivity contribution in [2.75, 3.05) is 26.5 Å². The first-order valence-corrected chi connectivity index (χ1v) is 9.17. The van der Waals surface area contributed by atoms with Crippen LogP contribution in [0.2, 0.25) is 5.02 Å². The zero-order chi connectivity index (χ0) is 18.1. The number of nitrogens with zero attached hydrogens (tertiary/aromatic N) is 4. The molecule has 25 heavy (non-hydrogen) atoms. The van der Waals surface area contributed by atoms with Crippen LogP contribution >= 0.6 is 23.4 Å². The first kappa shape index (κ1) is 18.0. The smallest absolute Gasteiger partial charge is 0.328 e. The second-order valence-electron chi connectivity index (χ2n) is 5.90. The molecule has 3 rings (SSSR count). The number of amides is 3. The maximum Gasteiger partial charge on any atom is 0.328 e. The van der Waals surface area contributed by atoms with Gasteiger partial charge in [-0.3, -0.25) is 9.69 Å². The van der Waals surface area contributed by atoms with Crippen LogP contribution in [0.4, 0.5) is 4.79 Å². The van der Waals surface area contributed by atoms with Gasteiger partial charge in [-0.05, 0) is 17.7 Å². The molecule has 0 spiro atoms. The Morgan fingerprint density at radius 3 is 2.52 bits per heavy atom. The predicted octanol–water partition coefficient (Wildman–Crippen LogP) is 1.46. The van der Waals surface area contributed by atoms with Crippen molar-refractivity contribution >= 4 is 40.5 Å². The summed E-state index contributed by atoms with van der Waals surface area (Å²) in [7, 11) is 3.44. The zero-order valence-electron chi connectivity index (χ0n) is 13.9. The number of aliphatic imine (C=N–C) groups is 1. The van der Waals surface area contributed by atoms with Crippen molar-refractivity contribution in [3.05, 3.63) is 34.9 Å². The third kappa shape index (κ3) is 3.33. The first-order valence-electron chi connectivity index (χ1n) is 7.81. The molecule has 2 atom stereocenters. The fourth-order valence-electron chi connectivity index (χ4n) is 2.94. The minimum Gasteiger partial charge on any atom is -0.396 e. The van der Waals surface area contributed by atoms with Gasteiger partial charge in [-0.15, -0.1) is 0 Å². The Morgan fingerprint density at radius 1 is 1.20 bits per heavy atom. The lowest BCUT2D eigenvalue weighted by atomic mass is 10.1. The Labute approximate surface area is 155 Å². The molecule has 2 heterocycles. The quantitative estimate of drug-likeness (QED) is 0.853. The van der Waals surface area contributed by atoms with E-state index in [0.29, 0.717) is 15.9 Å². The standard InChI is InChI=1S/C16H19ClN4O3S/c1-19-12-13(18-15(19)25-8-7-22)20(2)16(24)21(14(12)23)9-10-3-5-11(17)6-4-10/h3-6,12-13,22H,7-9H2,1-2H3. The molecule has 0 bridgehead atoms. The highest BCUT2D eigenvalue weighted by Gasteiger charge is 2.50. The molecule has 9 heteroatoms. The largest absolute Gasteiger partial charge is 0.396 e. The Balaban J connectivity index is 1.82. The second kappa shape index (κ2) is 7.23. The summed E-state index contributed by atoms with van der Waals surface area (Å²) in [5.41, 5.74) is 0.828. The number of halogens is 1. The number of rotatable bonds is 4. The zero-order valence-corrected chi connectivity index (χ0v) is 15.5. The predicted molar refractivity (Wildman–Crippen MR) is 97.5 cm³/mol. The highest BCUT2D eigenvalue weighted by Crippen LogP contribution is 2.30. The van der Waals surface area contributed by atoms with E-state index in [1.165, 1.54) is 21.6 Å². The molecule has 0 radical (unpaired) electrons. The van der Waals surface area contributed by atoms with Crippen molar-refractivity contribution in [3.8, 4) is 0 Å². The van der Waals surface area contributed by atoms with E-state index in [-0.39, 0.29) is 25.1 Å². The fourth-order valence-corrected chi connectivity index (χ4v) is 3.84. The van der Waals surface area contributed by atoms with Crippen LogP contribution in [-0.4, -0.2) is 75.6 Å². The normalized spacial score (nSPS) is 23.2. The average molecular weight is 383 g/mol. The number of thioether (sulfide) groups is 1. The summed E-state index contributed by atoms with van der Waals surface area (Å²) in [6.07, 6.45) is -0.535. The van der Waals surface area contributed by atoms with Crippen LogP contribution < -0.4 is 0 Å². The van der Waals surface area contributed by atoms with E-state index >= 15 is 0 Å². The lowest BCUT2D eigenvalue weighted by Crippen LogP contribution is -2.64. The van der Waals surface area contributed by atoms with E-state index in [2.05, 4.69) is 4.99 Å². The van der Waals surface area contributed by atoms with Crippen molar-refractivity contribution < 1.29 is 14.7 Å². The van der Waals surface area contributed by atoms with Crippen molar-refractivity contribution in [3.63, 3.8) is 0 Å². The highest BCUT2D eigenvalue weighted by molar-refractivity contribution is 8.13. The molecule has 1 saturated heterocycles. The summed E-state index contributed by atoms with van der Waals surface area (Å²) in [6.45, 7) is 0.216. The molecule has 2 unspecified atom stereocenters. The molecule has 2 aliphatic rings. The number of urea groups is 1. The third-order valence-corrected chi connectivity index (χ3v) is 5.56. The molecule has 2 aliphatic heterocycles. The number of carbonyl (C=O) groups is 2. The van der Waals surface area contributed by atoms with Gasteiger partial charge in [-0.1, -0.05) is 35.5 Å². The van der Waals surface area contributed by atoms with Crippen molar-refractivity contribution in [2.24, 2.45) is 4.99 Å². The average Bonchev–Trinajstić information content (AvgIpc) is 2.93. The monoisotopic (exact) mass is 382 g/mol. The topological polar surface area (TPSA) is 76.5 Å². The molecule has 134 valence electrons. The van der Waals surface area contributed by atoms with E-state index in [4.69, 9.17) is 16.7 Å². The first-order chi connectivity index (χ1) is 11.9. The van der Waals surface area contributed by atoms with Crippen molar-refractivity contribution in [1.82, 2.24) is 14.7 Å². The summed E-state index contributed by atoms with van der Waals surface area (Å²) in [6, 6.07) is 6.15. The van der Waals surface area contributed by atoms with Crippen LogP contribution in [0.15, 0.2) is 29.3 Å². The van der Waals surface area contributed by atoms with Gasteiger partial charge in [0.15, 0.2) is 17.4 Å². The lowest BCUT2D eigenvalue weighted by molar-refractivity contribution is -0.137. The molecule has 7 nitrogen and oxygen atoms in total. The van der Waals surface area contributed by atoms with Gasteiger partial charge in [-0.2, -0.15) is 0 Å². The molecule has 3 amide bonds. The number of benzene rings is 1. The van der Waals surface area contributed by atoms with Crippen LogP contribution in [0.25, 0.3) is 0 Å². The van der Waals surface area contributed by atoms with Gasteiger partial charge >= 0.3 is 6.03 Å². The SMILES string of the molecule is CN1C(=O)N(Cc2ccc(Cl)cc2)C(=O)C2C1N=C(SCCO)N2C. The van der Waals surface area contributed by atoms with Gasteiger partial charge in [0.05, 0.1) is 13.2 Å². The maximum absolute atomic E-state index is 12.9. The number of aliphatic hydroxyl groups excluding tert-OH is 1. The van der Waals surface area contributed by atoms with Crippen LogP contribution in [0.5, 0.6) is 0 Å². The second-order valence-corrected chi connectivity index (χ2v) is 7.40. The van der Waals surface area contributed by atoms with Gasteiger partial charge in [0, 0.05) is 24.9 Å². The summed E-state index contributed by atoms with van der Waals surface area (Å²) in [5, 5.41) is 10.3. The Hall–Kier alpha value is -1.77. The minimum absolute atomic E-state index is 0.0261. The van der Waals surface area contributed by atoms with Crippen LogP contribution in [0.3, 0.4) is 0 Å². The van der Waals surface area contributed by atoms with Gasteiger partial charge in [0.25, 0.3) is 5.91 Å². The summed E-state index contributed by atoms with van der Waals surface area (Å²) in [5.74, 6) is 0.220. The number of aliphatic hydroxyl groups is 1. The minimum atomic E-state index is -0.545. The van der Waals surface area contributed by atoms with Gasteiger partial charge in [-0.25, -0.2) is 9.79 Å². The van der Waals surface area contributed by atoms with Gasteiger partial charge in [0.2, 0.25) is 0 Å². The summed E-state index contributed by atoms with van der Waals surface area (Å²) in [4.78, 5) is 34.6. The van der Waals surface area contributed by atoms with E-state index in [9.17, 15) is 9.59 Å². The number of fused-ring (bicyclic) bond motifs is 1. The lowest BCUT2D eigenvalue weighted by Gasteiger charge is -2.40. The molecular weight excluding hydrogens is 364 g/mol. The number of likely N-dealkylation sites (N-methyl/N-ethyl adjacent to an activating group) is 2. The Morgan fingerprint density at radius 2 is 1.88 bits per heavy atom. The Bertz CT molecular complexity index is 712. The molecule has 1 fully saturated rings. The molecular formula is C16H19ClN4O3S. The number of carbonyl (C=O) groups excluding carboxylic acids is 2. The fraction of sp³-hybridized carbons (Fsp3) is 0.438. The third-order valence-electron chi connectivity index (χ3n) is 4.27. The van der Waals surface area contributed by atoms with Crippen molar-refractivity contribution in [2.45, 2.75) is 18.8 Å². The van der Waals surface area contributed by atoms with Gasteiger partial charge < -0.3 is 14.9 Å². The molecule has 1 aromatic rings. The van der Waals surface area contributed by atoms with E-state index < -0.39 is 12.2 Å². The molecule has 0 aromatic heterocycles. The van der Waals surface area contributed by atoms with E-state index in [0.717, 1.165) is 5.56 Å². The number of amidine groups is 1. The Kier molecular flexibility index (Phi) is 5.21. The molecule has 0 saturated carbocycles. The molecule has 0 aliphatic carbocycles. The molecule has 1 N–H and O–H groups in total.